The van der Waals surface area contributed by atoms with E-state index in [-0.39, 0.29) is 11.8 Å². The molecule has 0 aliphatic carbocycles. The number of amides is 1. The molecular weight excluding hydrogens is 116 g/mol. The molecule has 0 aromatic rings. The van der Waals surface area contributed by atoms with Crippen LogP contribution in [0.15, 0.2) is 0 Å². The Labute approximate surface area is 53.7 Å². The Balaban J connectivity index is 2.42. The van der Waals surface area contributed by atoms with E-state index in [1.54, 1.807) is 0 Å². The summed E-state index contributed by atoms with van der Waals surface area (Å²) in [6.07, 6.45) is 1.19. The van der Waals surface area contributed by atoms with Crippen molar-refractivity contribution in [3.8, 4) is 6.07 Å². The lowest BCUT2D eigenvalue weighted by Gasteiger charge is -1.95. The third-order valence-corrected chi connectivity index (χ3v) is 1.50. The largest absolute Gasteiger partial charge is 0.356 e. The first-order valence-corrected chi connectivity index (χ1v) is 2.99. The summed E-state index contributed by atoms with van der Waals surface area (Å²) in [5.41, 5.74) is 0. The summed E-state index contributed by atoms with van der Waals surface area (Å²) in [6, 6.07) is 1.98. The second-order valence-corrected chi connectivity index (χ2v) is 2.14. The Bertz CT molecular complexity index is 159. The van der Waals surface area contributed by atoms with Crippen molar-refractivity contribution in [1.29, 1.82) is 5.26 Å². The molecule has 0 unspecified atom stereocenters. The fourth-order valence-corrected chi connectivity index (χ4v) is 0.950. The van der Waals surface area contributed by atoms with Crippen LogP contribution in [0, 0.1) is 17.2 Å². The fraction of sp³-hybridized carbons (Fsp3) is 0.667. The van der Waals surface area contributed by atoms with Crippen LogP contribution in [-0.2, 0) is 4.79 Å². The molecule has 1 amide bonds. The van der Waals surface area contributed by atoms with E-state index in [0.29, 0.717) is 6.42 Å². The summed E-state index contributed by atoms with van der Waals surface area (Å²) in [6.45, 7) is 0.741. The molecule has 1 aliphatic rings. The van der Waals surface area contributed by atoms with E-state index in [2.05, 4.69) is 5.32 Å². The normalized spacial score (nSPS) is 25.2. The lowest BCUT2D eigenvalue weighted by molar-refractivity contribution is -0.122. The van der Waals surface area contributed by atoms with Crippen molar-refractivity contribution in [3.05, 3.63) is 0 Å². The number of nitrogens with one attached hydrogen (secondary N) is 1. The maximum Gasteiger partial charge on any atom is 0.224 e. The van der Waals surface area contributed by atoms with E-state index >= 15 is 0 Å². The Morgan fingerprint density at radius 2 is 2.67 bits per heavy atom. The van der Waals surface area contributed by atoms with Crippen LogP contribution in [0.4, 0.5) is 0 Å². The highest BCUT2D eigenvalue weighted by Crippen LogP contribution is 2.11. The lowest BCUT2D eigenvalue weighted by atomic mass is 10.1. The van der Waals surface area contributed by atoms with Crippen LogP contribution >= 0.6 is 0 Å². The number of hydrogen-bond acceptors (Lipinski definition) is 2. The topological polar surface area (TPSA) is 52.9 Å². The average Bonchev–Trinajstić information content (AvgIpc) is 2.18. The van der Waals surface area contributed by atoms with Crippen molar-refractivity contribution < 1.29 is 4.79 Å². The first-order valence-electron chi connectivity index (χ1n) is 2.99. The third-order valence-electron chi connectivity index (χ3n) is 1.50. The molecule has 3 nitrogen and oxygen atoms in total. The van der Waals surface area contributed by atoms with Crippen molar-refractivity contribution >= 4 is 5.91 Å². The molecule has 1 fully saturated rings. The second kappa shape index (κ2) is 2.49. The highest BCUT2D eigenvalue weighted by Gasteiger charge is 2.22. The molecule has 0 saturated carbocycles. The quantitative estimate of drug-likeness (QED) is 0.536. The molecule has 9 heavy (non-hydrogen) atoms. The zero-order valence-electron chi connectivity index (χ0n) is 5.05. The number of carbonyl (C=O) groups is 1. The number of nitriles is 1. The van der Waals surface area contributed by atoms with Crippen LogP contribution in [-0.4, -0.2) is 12.5 Å². The second-order valence-electron chi connectivity index (χ2n) is 2.14. The van der Waals surface area contributed by atoms with Gasteiger partial charge < -0.3 is 5.32 Å². The van der Waals surface area contributed by atoms with E-state index in [9.17, 15) is 4.79 Å². The molecule has 0 bridgehead atoms. The van der Waals surface area contributed by atoms with Gasteiger partial charge in [-0.25, -0.2) is 0 Å². The Kier molecular flexibility index (Phi) is 1.69. The van der Waals surface area contributed by atoms with E-state index in [1.165, 1.54) is 0 Å². The minimum absolute atomic E-state index is 0.0324. The molecule has 0 aromatic carbocycles. The minimum atomic E-state index is -0.0324. The van der Waals surface area contributed by atoms with Crippen molar-refractivity contribution in [1.82, 2.24) is 5.32 Å². The highest BCUT2D eigenvalue weighted by atomic mass is 16.2. The predicted octanol–water partition coefficient (Wildman–Crippen LogP) is 0.0362. The smallest absolute Gasteiger partial charge is 0.224 e. The van der Waals surface area contributed by atoms with E-state index in [0.717, 1.165) is 13.0 Å². The Hall–Kier alpha value is -1.04. The van der Waals surface area contributed by atoms with Crippen LogP contribution in [0.25, 0.3) is 0 Å². The first-order chi connectivity index (χ1) is 4.34. The Morgan fingerprint density at radius 1 is 1.89 bits per heavy atom. The van der Waals surface area contributed by atoms with Gasteiger partial charge >= 0.3 is 0 Å². The minimum Gasteiger partial charge on any atom is -0.356 e. The molecule has 1 atom stereocenters. The molecule has 1 saturated heterocycles. The molecule has 48 valence electrons. The number of rotatable bonds is 1. The summed E-state index contributed by atoms with van der Waals surface area (Å²) in [5.74, 6) is 0.00606. The molecular formula is C6H8N2O. The molecule has 1 aliphatic heterocycles. The van der Waals surface area contributed by atoms with Crippen LogP contribution in [0.1, 0.15) is 12.8 Å². The molecule has 0 spiro atoms. The molecule has 1 rings (SSSR count). The number of nitrogens with zero attached hydrogens (tertiary/aromatic N) is 1. The molecule has 1 heterocycles. The van der Waals surface area contributed by atoms with Gasteiger partial charge in [0.2, 0.25) is 5.91 Å². The SMILES string of the molecule is N#CC[C@@H]1CCNC1=O. The molecule has 3 heteroatoms. The highest BCUT2D eigenvalue weighted by molar-refractivity contribution is 5.80. The van der Waals surface area contributed by atoms with Gasteiger partial charge in [-0.05, 0) is 6.42 Å². The fourth-order valence-electron chi connectivity index (χ4n) is 0.950. The number of carbonyl (C=O) groups excluding carboxylic acids is 1. The van der Waals surface area contributed by atoms with Crippen LogP contribution in [0.2, 0.25) is 0 Å². The van der Waals surface area contributed by atoms with Crippen molar-refractivity contribution in [2.75, 3.05) is 6.54 Å². The third kappa shape index (κ3) is 1.20. The molecule has 0 radical (unpaired) electrons. The van der Waals surface area contributed by atoms with E-state index < -0.39 is 0 Å². The Morgan fingerprint density at radius 3 is 3.11 bits per heavy atom. The summed E-state index contributed by atoms with van der Waals surface area (Å²) in [4.78, 5) is 10.7. The lowest BCUT2D eigenvalue weighted by Crippen LogP contribution is -2.18. The van der Waals surface area contributed by atoms with Crippen LogP contribution in [0.5, 0.6) is 0 Å². The van der Waals surface area contributed by atoms with Gasteiger partial charge in [0.25, 0.3) is 0 Å². The first kappa shape index (κ1) is 6.09. The van der Waals surface area contributed by atoms with Gasteiger partial charge in [0, 0.05) is 13.0 Å². The van der Waals surface area contributed by atoms with E-state index in [4.69, 9.17) is 5.26 Å². The average molecular weight is 124 g/mol. The van der Waals surface area contributed by atoms with Crippen molar-refractivity contribution in [2.24, 2.45) is 5.92 Å². The summed E-state index contributed by atoms with van der Waals surface area (Å²) in [7, 11) is 0. The standard InChI is InChI=1S/C6H8N2O/c7-3-1-5-2-4-8-6(5)9/h5H,1-2,4H2,(H,8,9)/t5-/m1/s1. The molecule has 0 aromatic heterocycles. The summed E-state index contributed by atoms with van der Waals surface area (Å²) in [5, 5.41) is 10.9. The predicted molar refractivity (Wildman–Crippen MR) is 31.3 cm³/mol. The van der Waals surface area contributed by atoms with Gasteiger partial charge in [0.05, 0.1) is 12.0 Å². The van der Waals surface area contributed by atoms with Crippen LogP contribution < -0.4 is 5.32 Å². The summed E-state index contributed by atoms with van der Waals surface area (Å²) < 4.78 is 0. The maximum absolute atomic E-state index is 10.7. The monoisotopic (exact) mass is 124 g/mol. The van der Waals surface area contributed by atoms with Crippen molar-refractivity contribution in [3.63, 3.8) is 0 Å². The van der Waals surface area contributed by atoms with Crippen LogP contribution in [0.3, 0.4) is 0 Å². The van der Waals surface area contributed by atoms with Gasteiger partial charge in [0.15, 0.2) is 0 Å². The zero-order chi connectivity index (χ0) is 6.69. The number of hydrogen-bond donors (Lipinski definition) is 1. The van der Waals surface area contributed by atoms with Gasteiger partial charge in [-0.1, -0.05) is 0 Å². The summed E-state index contributed by atoms with van der Waals surface area (Å²) >= 11 is 0. The van der Waals surface area contributed by atoms with E-state index in [1.807, 2.05) is 6.07 Å². The molecule has 1 N–H and O–H groups in total. The zero-order valence-corrected chi connectivity index (χ0v) is 5.05. The van der Waals surface area contributed by atoms with Gasteiger partial charge in [-0.2, -0.15) is 5.26 Å². The maximum atomic E-state index is 10.7. The van der Waals surface area contributed by atoms with Gasteiger partial charge in [-0.15, -0.1) is 0 Å². The van der Waals surface area contributed by atoms with Gasteiger partial charge in [0.1, 0.15) is 0 Å². The van der Waals surface area contributed by atoms with Crippen molar-refractivity contribution in [2.45, 2.75) is 12.8 Å². The van der Waals surface area contributed by atoms with Gasteiger partial charge in [-0.3, -0.25) is 4.79 Å².